The van der Waals surface area contributed by atoms with Gasteiger partial charge in [-0.25, -0.2) is 0 Å². The Morgan fingerprint density at radius 2 is 0.896 bits per heavy atom. The summed E-state index contributed by atoms with van der Waals surface area (Å²) in [6, 6.07) is -0.621. The molecule has 0 saturated heterocycles. The molecule has 3 unspecified atom stereocenters. The van der Waals surface area contributed by atoms with Gasteiger partial charge in [0.05, 0.1) is 18.8 Å². The number of allylic oxidation sites excluding steroid dienone is 1. The van der Waals surface area contributed by atoms with Crippen molar-refractivity contribution in [1.29, 1.82) is 0 Å². The average molecular weight is 678 g/mol. The highest BCUT2D eigenvalue weighted by Crippen LogP contribution is 2.18. The molecule has 48 heavy (non-hydrogen) atoms. The van der Waals surface area contributed by atoms with Crippen LogP contribution in [0.25, 0.3) is 0 Å². The van der Waals surface area contributed by atoms with Crippen LogP contribution in [-0.2, 0) is 4.79 Å². The van der Waals surface area contributed by atoms with Crippen LogP contribution in [-0.4, -0.2) is 34.9 Å². The van der Waals surface area contributed by atoms with Crippen LogP contribution in [0.5, 0.6) is 0 Å². The molecule has 0 bridgehead atoms. The third-order valence-electron chi connectivity index (χ3n) is 10.4. The molecule has 0 saturated carbocycles. The van der Waals surface area contributed by atoms with Crippen LogP contribution < -0.4 is 5.32 Å². The highest BCUT2D eigenvalue weighted by atomic mass is 16.3. The van der Waals surface area contributed by atoms with Crippen molar-refractivity contribution in [3.63, 3.8) is 0 Å². The zero-order valence-electron chi connectivity index (χ0n) is 32.9. The van der Waals surface area contributed by atoms with E-state index in [1.54, 1.807) is 6.08 Å². The molecule has 4 nitrogen and oxygen atoms in total. The molecule has 286 valence electrons. The number of hydrogen-bond acceptors (Lipinski definition) is 3. The molecular formula is C44H87NO3. The van der Waals surface area contributed by atoms with Gasteiger partial charge in [-0.2, -0.15) is 0 Å². The number of carbonyl (C=O) groups excluding carboxylic acids is 1. The van der Waals surface area contributed by atoms with Crippen LogP contribution in [0.1, 0.15) is 239 Å². The Balaban J connectivity index is 3.57. The van der Waals surface area contributed by atoms with Crippen LogP contribution in [0.2, 0.25) is 0 Å². The number of carbonyl (C=O) groups is 1. The molecule has 1 amide bonds. The summed E-state index contributed by atoms with van der Waals surface area (Å²) in [7, 11) is 0. The van der Waals surface area contributed by atoms with Gasteiger partial charge in [-0.15, -0.1) is 0 Å². The van der Waals surface area contributed by atoms with Crippen molar-refractivity contribution in [2.45, 2.75) is 251 Å². The minimum atomic E-state index is -0.839. The van der Waals surface area contributed by atoms with E-state index in [0.29, 0.717) is 6.42 Å². The maximum absolute atomic E-state index is 12.4. The lowest BCUT2D eigenvalue weighted by Gasteiger charge is -2.20. The summed E-state index contributed by atoms with van der Waals surface area (Å²) < 4.78 is 0. The van der Waals surface area contributed by atoms with Crippen LogP contribution in [0.15, 0.2) is 12.2 Å². The second kappa shape index (κ2) is 38.9. The van der Waals surface area contributed by atoms with Crippen LogP contribution in [0.3, 0.4) is 0 Å². The van der Waals surface area contributed by atoms with E-state index in [1.807, 2.05) is 6.08 Å². The first-order chi connectivity index (χ1) is 23.5. The van der Waals surface area contributed by atoms with Crippen molar-refractivity contribution in [2.75, 3.05) is 6.61 Å². The minimum Gasteiger partial charge on any atom is -0.394 e. The van der Waals surface area contributed by atoms with Gasteiger partial charge in [0, 0.05) is 6.42 Å². The van der Waals surface area contributed by atoms with Crippen molar-refractivity contribution >= 4 is 5.91 Å². The van der Waals surface area contributed by atoms with Crippen molar-refractivity contribution < 1.29 is 15.0 Å². The number of unbranched alkanes of at least 4 members (excludes halogenated alkanes) is 28. The fourth-order valence-corrected chi connectivity index (χ4v) is 6.96. The molecule has 0 spiro atoms. The molecular weight excluding hydrogens is 590 g/mol. The second-order valence-electron chi connectivity index (χ2n) is 15.4. The van der Waals surface area contributed by atoms with Gasteiger partial charge in [0.2, 0.25) is 5.91 Å². The molecule has 0 aliphatic carbocycles. The Hall–Kier alpha value is -0.870. The van der Waals surface area contributed by atoms with Crippen molar-refractivity contribution in [2.24, 2.45) is 5.92 Å². The van der Waals surface area contributed by atoms with Gasteiger partial charge in [-0.1, -0.05) is 226 Å². The Morgan fingerprint density at radius 1 is 0.542 bits per heavy atom. The van der Waals surface area contributed by atoms with E-state index in [1.165, 1.54) is 186 Å². The molecule has 0 aromatic rings. The first-order valence-electron chi connectivity index (χ1n) is 21.8. The molecule has 0 aromatic carbocycles. The van der Waals surface area contributed by atoms with E-state index < -0.39 is 12.1 Å². The number of nitrogens with one attached hydrogen (secondary N) is 1. The topological polar surface area (TPSA) is 69.6 Å². The summed E-state index contributed by atoms with van der Waals surface area (Å²) >= 11 is 0. The van der Waals surface area contributed by atoms with Crippen LogP contribution in [0.4, 0.5) is 0 Å². The van der Waals surface area contributed by atoms with Gasteiger partial charge in [-0.3, -0.25) is 4.79 Å². The maximum Gasteiger partial charge on any atom is 0.220 e. The van der Waals surface area contributed by atoms with Crippen molar-refractivity contribution in [3.05, 3.63) is 12.2 Å². The number of aliphatic hydroxyl groups is 2. The number of amides is 1. The summed E-state index contributed by atoms with van der Waals surface area (Å²) in [5.41, 5.74) is 0. The molecule has 0 radical (unpaired) electrons. The lowest BCUT2D eigenvalue weighted by molar-refractivity contribution is -0.123. The van der Waals surface area contributed by atoms with E-state index in [9.17, 15) is 15.0 Å². The molecule has 4 heteroatoms. The highest BCUT2D eigenvalue weighted by Gasteiger charge is 2.18. The van der Waals surface area contributed by atoms with Gasteiger partial charge in [0.15, 0.2) is 0 Å². The standard InChI is InChI=1S/C44H87NO3/c1-4-6-8-10-12-13-14-15-16-17-18-19-20-21-22-23-24-25-26-28-30-35-39-44(48)45-42(40-46)43(47)38-34-31-33-37-41(3)36-32-29-27-11-9-7-5-2/h34,38,41-43,46-47H,4-33,35-37,39-40H2,1-3H3,(H,45,48). The fraction of sp³-hybridized carbons (Fsp3) is 0.932. The van der Waals surface area contributed by atoms with Gasteiger partial charge in [-0.05, 0) is 25.2 Å². The largest absolute Gasteiger partial charge is 0.394 e. The lowest BCUT2D eigenvalue weighted by Crippen LogP contribution is -2.45. The predicted octanol–water partition coefficient (Wildman–Crippen LogP) is 13.3. The summed E-state index contributed by atoms with van der Waals surface area (Å²) in [6.07, 6.45) is 47.5. The van der Waals surface area contributed by atoms with E-state index in [-0.39, 0.29) is 12.5 Å². The normalized spacial score (nSPS) is 13.7. The van der Waals surface area contributed by atoms with E-state index in [4.69, 9.17) is 0 Å². The SMILES string of the molecule is CCCCCCCCCCCCCCCCCCCCCCCCC(=O)NC(CO)C(O)C=CCCCC(C)CCCCCCCCC. The monoisotopic (exact) mass is 678 g/mol. The molecule has 3 atom stereocenters. The van der Waals surface area contributed by atoms with E-state index in [2.05, 4.69) is 26.1 Å². The highest BCUT2D eigenvalue weighted by molar-refractivity contribution is 5.76. The summed E-state index contributed by atoms with van der Waals surface area (Å²) in [5.74, 6) is 0.695. The molecule has 0 aliphatic rings. The average Bonchev–Trinajstić information content (AvgIpc) is 3.08. The minimum absolute atomic E-state index is 0.0612. The molecule has 0 aliphatic heterocycles. The smallest absolute Gasteiger partial charge is 0.220 e. The Bertz CT molecular complexity index is 666. The maximum atomic E-state index is 12.4. The third-order valence-corrected chi connectivity index (χ3v) is 10.4. The second-order valence-corrected chi connectivity index (χ2v) is 15.4. The van der Waals surface area contributed by atoms with Crippen molar-refractivity contribution in [1.82, 2.24) is 5.32 Å². The third kappa shape index (κ3) is 35.0. The lowest BCUT2D eigenvalue weighted by atomic mass is 9.96. The van der Waals surface area contributed by atoms with Crippen LogP contribution in [0, 0.1) is 5.92 Å². The first kappa shape index (κ1) is 47.1. The number of hydrogen-bond donors (Lipinski definition) is 3. The van der Waals surface area contributed by atoms with Gasteiger partial charge in [0.1, 0.15) is 0 Å². The Morgan fingerprint density at radius 3 is 1.29 bits per heavy atom. The zero-order chi connectivity index (χ0) is 35.2. The van der Waals surface area contributed by atoms with Gasteiger partial charge < -0.3 is 15.5 Å². The fourth-order valence-electron chi connectivity index (χ4n) is 6.96. The quantitative estimate of drug-likeness (QED) is 0.0448. The van der Waals surface area contributed by atoms with E-state index >= 15 is 0 Å². The number of rotatable bonds is 39. The molecule has 0 rings (SSSR count). The molecule has 0 heterocycles. The summed E-state index contributed by atoms with van der Waals surface area (Å²) in [5, 5.41) is 23.0. The zero-order valence-corrected chi connectivity index (χ0v) is 32.9. The number of aliphatic hydroxyl groups excluding tert-OH is 2. The van der Waals surface area contributed by atoms with E-state index in [0.717, 1.165) is 31.6 Å². The Kier molecular flexibility index (Phi) is 38.2. The first-order valence-corrected chi connectivity index (χ1v) is 21.8. The predicted molar refractivity (Wildman–Crippen MR) is 212 cm³/mol. The Labute approximate surface area is 301 Å². The molecule has 0 aromatic heterocycles. The van der Waals surface area contributed by atoms with Crippen LogP contribution >= 0.6 is 0 Å². The van der Waals surface area contributed by atoms with Gasteiger partial charge in [0.25, 0.3) is 0 Å². The summed E-state index contributed by atoms with van der Waals surface area (Å²) in [4.78, 5) is 12.4. The molecule has 3 N–H and O–H groups in total. The summed E-state index contributed by atoms with van der Waals surface area (Å²) in [6.45, 7) is 6.67. The molecule has 0 fully saturated rings. The van der Waals surface area contributed by atoms with Gasteiger partial charge >= 0.3 is 0 Å². The van der Waals surface area contributed by atoms with Crippen molar-refractivity contribution in [3.8, 4) is 0 Å².